The molecule has 0 aliphatic carbocycles. The van der Waals surface area contributed by atoms with E-state index in [1.165, 1.54) is 4.90 Å². The number of nitriles is 1. The molecule has 5 nitrogen and oxygen atoms in total. The Morgan fingerprint density at radius 1 is 1.14 bits per heavy atom. The Bertz CT molecular complexity index is 654. The molecule has 2 unspecified atom stereocenters. The van der Waals surface area contributed by atoms with Gasteiger partial charge in [-0.15, -0.1) is 13.2 Å². The van der Waals surface area contributed by atoms with Gasteiger partial charge in [-0.05, 0) is 43.1 Å². The molecule has 0 saturated carbocycles. The number of allylic oxidation sites excluding steroid dienone is 2. The lowest BCUT2D eigenvalue weighted by Crippen LogP contribution is -2.35. The van der Waals surface area contributed by atoms with Crippen LogP contribution in [0.4, 0.5) is 0 Å². The number of nitrogens with zero attached hydrogens (tertiary/aromatic N) is 2. The van der Waals surface area contributed by atoms with E-state index in [9.17, 15) is 9.59 Å². The molecule has 0 N–H and O–H groups in total. The maximum Gasteiger partial charge on any atom is 0.210 e. The molecule has 0 aliphatic heterocycles. The van der Waals surface area contributed by atoms with Gasteiger partial charge in [-0.2, -0.15) is 5.26 Å². The fourth-order valence-corrected chi connectivity index (χ4v) is 3.64. The van der Waals surface area contributed by atoms with Gasteiger partial charge in [-0.25, -0.2) is 0 Å². The van der Waals surface area contributed by atoms with Crippen molar-refractivity contribution >= 4 is 12.7 Å². The highest BCUT2D eigenvalue weighted by Gasteiger charge is 2.29. The van der Waals surface area contributed by atoms with Crippen LogP contribution in [-0.2, 0) is 20.9 Å². The van der Waals surface area contributed by atoms with Gasteiger partial charge in [0.15, 0.2) is 0 Å². The number of carbonyl (C=O) groups is 2. The first-order valence-electron chi connectivity index (χ1n) is 10.0. The van der Waals surface area contributed by atoms with Crippen LogP contribution in [-0.4, -0.2) is 37.3 Å². The van der Waals surface area contributed by atoms with Gasteiger partial charge in [-0.1, -0.05) is 42.5 Å². The van der Waals surface area contributed by atoms with E-state index in [-0.39, 0.29) is 24.3 Å². The third-order valence-electron chi connectivity index (χ3n) is 5.07. The van der Waals surface area contributed by atoms with E-state index < -0.39 is 0 Å². The van der Waals surface area contributed by atoms with Crippen LogP contribution in [0.15, 0.2) is 55.6 Å². The molecule has 0 heterocycles. The highest BCUT2D eigenvalue weighted by atomic mass is 16.5. The van der Waals surface area contributed by atoms with E-state index in [0.717, 1.165) is 24.7 Å². The number of hydrogen-bond donors (Lipinski definition) is 0. The highest BCUT2D eigenvalue weighted by Crippen LogP contribution is 2.31. The normalized spacial score (nSPS) is 13.5. The molecular weight excluding hydrogens is 364 g/mol. The van der Waals surface area contributed by atoms with Gasteiger partial charge in [0.2, 0.25) is 6.41 Å². The fourth-order valence-electron chi connectivity index (χ4n) is 3.64. The van der Waals surface area contributed by atoms with Crippen molar-refractivity contribution in [3.8, 4) is 6.07 Å². The van der Waals surface area contributed by atoms with Crippen molar-refractivity contribution in [1.29, 1.82) is 5.26 Å². The number of ether oxygens (including phenoxy) is 1. The maximum absolute atomic E-state index is 11.8. The van der Waals surface area contributed by atoms with Crippen molar-refractivity contribution in [2.24, 2.45) is 17.8 Å². The van der Waals surface area contributed by atoms with Gasteiger partial charge in [-0.3, -0.25) is 4.79 Å². The molecule has 0 spiro atoms. The molecule has 0 bridgehead atoms. The molecule has 0 radical (unpaired) electrons. The Labute approximate surface area is 174 Å². The van der Waals surface area contributed by atoms with Crippen LogP contribution in [0.1, 0.15) is 31.2 Å². The van der Waals surface area contributed by atoms with Gasteiger partial charge in [0.05, 0.1) is 12.7 Å². The van der Waals surface area contributed by atoms with Crippen molar-refractivity contribution in [1.82, 2.24) is 4.90 Å². The van der Waals surface area contributed by atoms with Crippen LogP contribution in [0.3, 0.4) is 0 Å². The standard InChI is InChI=1S/C24H32N2O3/c1-3-9-22(17-26(20-28)15-14-25)24(23(18-27)10-4-2)13-8-16-29-19-21-11-6-5-7-12-21/h3-7,11-12,18,20,22-24H,1-2,8-10,13,15-17,19H2/t22?,23?,24-/m0/s1. The maximum atomic E-state index is 11.8. The number of aldehydes is 1. The molecule has 1 aromatic rings. The molecule has 1 rings (SSSR count). The summed E-state index contributed by atoms with van der Waals surface area (Å²) < 4.78 is 5.79. The van der Waals surface area contributed by atoms with E-state index in [1.54, 1.807) is 6.08 Å². The average molecular weight is 397 g/mol. The predicted molar refractivity (Wildman–Crippen MR) is 115 cm³/mol. The van der Waals surface area contributed by atoms with Gasteiger partial charge in [0.25, 0.3) is 0 Å². The average Bonchev–Trinajstić information content (AvgIpc) is 2.75. The third-order valence-corrected chi connectivity index (χ3v) is 5.07. The molecule has 0 fully saturated rings. The Hall–Kier alpha value is -2.71. The van der Waals surface area contributed by atoms with Crippen molar-refractivity contribution in [3.63, 3.8) is 0 Å². The van der Waals surface area contributed by atoms with Gasteiger partial charge < -0.3 is 14.4 Å². The number of carbonyl (C=O) groups excluding carboxylic acids is 2. The van der Waals surface area contributed by atoms with E-state index in [2.05, 4.69) is 13.2 Å². The summed E-state index contributed by atoms with van der Waals surface area (Å²) in [7, 11) is 0. The monoisotopic (exact) mass is 396 g/mol. The van der Waals surface area contributed by atoms with Crippen LogP contribution in [0.25, 0.3) is 0 Å². The van der Waals surface area contributed by atoms with Crippen molar-refractivity contribution in [2.75, 3.05) is 19.7 Å². The zero-order valence-electron chi connectivity index (χ0n) is 17.1. The summed E-state index contributed by atoms with van der Waals surface area (Å²) in [5, 5.41) is 8.93. The molecule has 3 atom stereocenters. The minimum absolute atomic E-state index is 0.0390. The molecule has 29 heavy (non-hydrogen) atoms. The summed E-state index contributed by atoms with van der Waals surface area (Å²) >= 11 is 0. The lowest BCUT2D eigenvalue weighted by Gasteiger charge is -2.33. The molecule has 0 saturated heterocycles. The summed E-state index contributed by atoms with van der Waals surface area (Å²) in [6.07, 6.45) is 8.13. The lowest BCUT2D eigenvalue weighted by atomic mass is 9.76. The Morgan fingerprint density at radius 3 is 2.45 bits per heavy atom. The van der Waals surface area contributed by atoms with E-state index in [4.69, 9.17) is 10.00 Å². The van der Waals surface area contributed by atoms with Crippen LogP contribution >= 0.6 is 0 Å². The van der Waals surface area contributed by atoms with Crippen LogP contribution < -0.4 is 0 Å². The molecule has 0 aliphatic rings. The zero-order chi connectivity index (χ0) is 21.3. The lowest BCUT2D eigenvalue weighted by molar-refractivity contribution is -0.118. The number of benzene rings is 1. The molecule has 156 valence electrons. The van der Waals surface area contributed by atoms with Crippen LogP contribution in [0.5, 0.6) is 0 Å². The third kappa shape index (κ3) is 9.36. The smallest absolute Gasteiger partial charge is 0.210 e. The van der Waals surface area contributed by atoms with Gasteiger partial charge in [0.1, 0.15) is 12.8 Å². The second-order valence-corrected chi connectivity index (χ2v) is 7.15. The minimum atomic E-state index is -0.179. The first-order chi connectivity index (χ1) is 14.2. The first-order valence-corrected chi connectivity index (χ1v) is 10.0. The summed E-state index contributed by atoms with van der Waals surface area (Å²) in [6, 6.07) is 12.0. The molecular formula is C24H32N2O3. The van der Waals surface area contributed by atoms with Crippen molar-refractivity contribution < 1.29 is 14.3 Å². The van der Waals surface area contributed by atoms with Gasteiger partial charge >= 0.3 is 0 Å². The molecule has 0 aromatic heterocycles. The predicted octanol–water partition coefficient (Wildman–Crippen LogP) is 4.17. The van der Waals surface area contributed by atoms with E-state index in [1.807, 2.05) is 42.5 Å². The quantitative estimate of drug-likeness (QED) is 0.172. The Kier molecular flexibility index (Phi) is 12.8. The van der Waals surface area contributed by atoms with E-state index >= 15 is 0 Å². The molecule has 5 heteroatoms. The number of rotatable bonds is 17. The highest BCUT2D eigenvalue weighted by molar-refractivity contribution is 5.54. The van der Waals surface area contributed by atoms with Crippen LogP contribution in [0.2, 0.25) is 0 Å². The Morgan fingerprint density at radius 2 is 1.86 bits per heavy atom. The second kappa shape index (κ2) is 15.2. The molecule has 1 amide bonds. The summed E-state index contributed by atoms with van der Waals surface area (Å²) in [5.41, 5.74) is 1.13. The fraction of sp³-hybridized carbons (Fsp3) is 0.458. The molecule has 1 aromatic carbocycles. The SMILES string of the molecule is C=CCC(C=O)[C@@H](CCCOCc1ccccc1)C(CC=C)CN(C=O)CC#N. The topological polar surface area (TPSA) is 70.4 Å². The zero-order valence-corrected chi connectivity index (χ0v) is 17.1. The van der Waals surface area contributed by atoms with Crippen LogP contribution in [0, 0.1) is 29.1 Å². The van der Waals surface area contributed by atoms with E-state index in [0.29, 0.717) is 39.0 Å². The summed E-state index contributed by atoms with van der Waals surface area (Å²) in [5.74, 6) is -0.0672. The van der Waals surface area contributed by atoms with Crippen molar-refractivity contribution in [2.45, 2.75) is 32.3 Å². The number of amides is 1. The summed E-state index contributed by atoms with van der Waals surface area (Å²) in [6.45, 7) is 9.23. The number of hydrogen-bond acceptors (Lipinski definition) is 4. The Balaban J connectivity index is 2.74. The van der Waals surface area contributed by atoms with Gasteiger partial charge in [0, 0.05) is 19.1 Å². The minimum Gasteiger partial charge on any atom is -0.377 e. The van der Waals surface area contributed by atoms with Crippen molar-refractivity contribution in [3.05, 3.63) is 61.2 Å². The second-order valence-electron chi connectivity index (χ2n) is 7.15. The largest absolute Gasteiger partial charge is 0.377 e. The summed E-state index contributed by atoms with van der Waals surface area (Å²) in [4.78, 5) is 24.5. The first kappa shape index (κ1) is 24.3.